The first kappa shape index (κ1) is 49.1. The van der Waals surface area contributed by atoms with Crippen LogP contribution in [0.2, 0.25) is 0 Å². The van der Waals surface area contributed by atoms with Crippen molar-refractivity contribution in [1.29, 1.82) is 0 Å². The summed E-state index contributed by atoms with van der Waals surface area (Å²) in [6.45, 7) is 4.74. The van der Waals surface area contributed by atoms with Crippen molar-refractivity contribution in [3.63, 3.8) is 0 Å². The third-order valence-corrected chi connectivity index (χ3v) is 9.64. The lowest BCUT2D eigenvalue weighted by Crippen LogP contribution is -2.45. The van der Waals surface area contributed by atoms with E-state index in [9.17, 15) is 19.8 Å². The number of amides is 1. The van der Waals surface area contributed by atoms with Crippen LogP contribution in [0, 0.1) is 0 Å². The van der Waals surface area contributed by atoms with Crippen molar-refractivity contribution in [1.82, 2.24) is 5.32 Å². The Morgan fingerprint density at radius 2 is 1.02 bits per heavy atom. The number of hydrogen-bond donors (Lipinski definition) is 3. The predicted molar refractivity (Wildman–Crippen MR) is 218 cm³/mol. The van der Waals surface area contributed by atoms with Crippen LogP contribution in [0.15, 0.2) is 36.5 Å². The van der Waals surface area contributed by atoms with E-state index < -0.39 is 12.1 Å². The molecule has 0 aliphatic carbocycles. The van der Waals surface area contributed by atoms with Gasteiger partial charge in [0.1, 0.15) is 0 Å². The molecule has 0 aliphatic heterocycles. The molecule has 0 fully saturated rings. The summed E-state index contributed by atoms with van der Waals surface area (Å²) in [4.78, 5) is 24.3. The number of unbranched alkanes of at least 4 members (excludes halogenated alkanes) is 24. The SMILES string of the molecule is CCC/C=C\C/C=C\CCCCCCCC(=O)OCCCCCCCCCCCC(=O)NC(CO)C(O)/C=C/CCCCCCCCCCCC. The normalized spacial score (nSPS) is 13.1. The average molecular weight is 718 g/mol. The Bertz CT molecular complexity index is 838. The van der Waals surface area contributed by atoms with Crippen LogP contribution < -0.4 is 5.32 Å². The molecule has 0 heterocycles. The molecular weight excluding hydrogens is 634 g/mol. The van der Waals surface area contributed by atoms with Crippen LogP contribution in [0.1, 0.15) is 213 Å². The van der Waals surface area contributed by atoms with E-state index in [1.807, 2.05) is 6.08 Å². The Labute approximate surface area is 315 Å². The number of ether oxygens (including phenoxy) is 1. The zero-order valence-electron chi connectivity index (χ0n) is 33.6. The van der Waals surface area contributed by atoms with E-state index in [4.69, 9.17) is 4.74 Å². The molecule has 0 saturated heterocycles. The van der Waals surface area contributed by atoms with Crippen LogP contribution >= 0.6 is 0 Å². The summed E-state index contributed by atoms with van der Waals surface area (Å²) >= 11 is 0. The number of carbonyl (C=O) groups excluding carboxylic acids is 2. The van der Waals surface area contributed by atoms with E-state index in [1.54, 1.807) is 6.08 Å². The minimum Gasteiger partial charge on any atom is -0.466 e. The number of allylic oxidation sites excluding steroid dienone is 5. The molecule has 0 radical (unpaired) electrons. The van der Waals surface area contributed by atoms with Crippen LogP contribution in [-0.2, 0) is 14.3 Å². The summed E-state index contributed by atoms with van der Waals surface area (Å²) in [6, 6.07) is -0.647. The van der Waals surface area contributed by atoms with Crippen molar-refractivity contribution in [2.24, 2.45) is 0 Å². The maximum absolute atomic E-state index is 12.4. The first-order valence-corrected chi connectivity index (χ1v) is 21.8. The molecule has 0 spiro atoms. The van der Waals surface area contributed by atoms with Gasteiger partial charge in [0.05, 0.1) is 25.4 Å². The predicted octanol–water partition coefficient (Wildman–Crippen LogP) is 12.2. The standard InChI is InChI=1S/C45H83NO5/c1-3-5-7-9-11-13-15-17-19-23-27-31-35-39-45(50)51-40-36-32-28-24-20-22-26-30-34-38-44(49)46-42(41-47)43(48)37-33-29-25-21-18-16-14-12-10-8-6-4-2/h7,9,13,15,33,37,42-43,47-48H,3-6,8,10-12,14,16-32,34-36,38-41H2,1-2H3,(H,46,49)/b9-7-,15-13-,37-33+. The quantitative estimate of drug-likeness (QED) is 0.0334. The number of rotatable bonds is 39. The summed E-state index contributed by atoms with van der Waals surface area (Å²) in [6.07, 6.45) is 46.9. The number of carbonyl (C=O) groups is 2. The van der Waals surface area contributed by atoms with Crippen molar-refractivity contribution in [2.45, 2.75) is 225 Å². The van der Waals surface area contributed by atoms with Crippen LogP contribution in [0.4, 0.5) is 0 Å². The number of hydrogen-bond acceptors (Lipinski definition) is 5. The van der Waals surface area contributed by atoms with E-state index in [0.29, 0.717) is 19.4 Å². The van der Waals surface area contributed by atoms with Crippen LogP contribution in [0.3, 0.4) is 0 Å². The van der Waals surface area contributed by atoms with Crippen molar-refractivity contribution in [3.05, 3.63) is 36.5 Å². The minimum atomic E-state index is -0.861. The van der Waals surface area contributed by atoms with Crippen LogP contribution in [0.25, 0.3) is 0 Å². The Morgan fingerprint density at radius 3 is 1.57 bits per heavy atom. The zero-order valence-corrected chi connectivity index (χ0v) is 33.6. The fourth-order valence-electron chi connectivity index (χ4n) is 6.26. The number of esters is 1. The lowest BCUT2D eigenvalue weighted by molar-refractivity contribution is -0.143. The van der Waals surface area contributed by atoms with E-state index >= 15 is 0 Å². The van der Waals surface area contributed by atoms with E-state index in [-0.39, 0.29) is 18.5 Å². The van der Waals surface area contributed by atoms with E-state index in [0.717, 1.165) is 70.6 Å². The molecule has 0 aromatic heterocycles. The third-order valence-electron chi connectivity index (χ3n) is 9.64. The summed E-state index contributed by atoms with van der Waals surface area (Å²) < 4.78 is 5.42. The topological polar surface area (TPSA) is 95.9 Å². The monoisotopic (exact) mass is 718 g/mol. The molecule has 6 heteroatoms. The first-order valence-electron chi connectivity index (χ1n) is 21.8. The maximum Gasteiger partial charge on any atom is 0.305 e. The highest BCUT2D eigenvalue weighted by molar-refractivity contribution is 5.76. The lowest BCUT2D eigenvalue weighted by atomic mass is 10.0. The minimum absolute atomic E-state index is 0.0440. The molecular formula is C45H83NO5. The molecule has 0 bridgehead atoms. The Balaban J connectivity index is 3.56. The summed E-state index contributed by atoms with van der Waals surface area (Å²) in [5, 5.41) is 22.9. The van der Waals surface area contributed by atoms with Gasteiger partial charge in [-0.2, -0.15) is 0 Å². The van der Waals surface area contributed by atoms with Gasteiger partial charge in [-0.25, -0.2) is 0 Å². The second kappa shape index (κ2) is 40.8. The van der Waals surface area contributed by atoms with Crippen molar-refractivity contribution < 1.29 is 24.5 Å². The van der Waals surface area contributed by atoms with Gasteiger partial charge < -0.3 is 20.3 Å². The lowest BCUT2D eigenvalue weighted by Gasteiger charge is -2.20. The smallest absolute Gasteiger partial charge is 0.305 e. The number of nitrogens with one attached hydrogen (secondary N) is 1. The number of aliphatic hydroxyl groups excluding tert-OH is 2. The molecule has 1 amide bonds. The summed E-state index contributed by atoms with van der Waals surface area (Å²) in [5.41, 5.74) is 0. The number of aliphatic hydroxyl groups is 2. The van der Waals surface area contributed by atoms with Crippen molar-refractivity contribution >= 4 is 11.9 Å². The molecule has 298 valence electrons. The molecule has 6 nitrogen and oxygen atoms in total. The molecule has 0 rings (SSSR count). The maximum atomic E-state index is 12.4. The second-order valence-corrected chi connectivity index (χ2v) is 14.7. The molecule has 2 atom stereocenters. The van der Waals surface area contributed by atoms with Gasteiger partial charge in [0.15, 0.2) is 0 Å². The molecule has 0 aromatic carbocycles. The first-order chi connectivity index (χ1) is 25.0. The molecule has 2 unspecified atom stereocenters. The Morgan fingerprint density at radius 1 is 0.549 bits per heavy atom. The molecule has 51 heavy (non-hydrogen) atoms. The van der Waals surface area contributed by atoms with Crippen molar-refractivity contribution in [2.75, 3.05) is 13.2 Å². The third kappa shape index (κ3) is 37.6. The largest absolute Gasteiger partial charge is 0.466 e. The second-order valence-electron chi connectivity index (χ2n) is 14.7. The Hall–Kier alpha value is -1.92. The van der Waals surface area contributed by atoms with Gasteiger partial charge in [0, 0.05) is 12.8 Å². The van der Waals surface area contributed by atoms with Crippen LogP contribution in [0.5, 0.6) is 0 Å². The highest BCUT2D eigenvalue weighted by Gasteiger charge is 2.18. The van der Waals surface area contributed by atoms with Gasteiger partial charge in [-0.05, 0) is 57.8 Å². The van der Waals surface area contributed by atoms with Crippen LogP contribution in [-0.4, -0.2) is 47.4 Å². The molecule has 0 aliphatic rings. The average Bonchev–Trinajstić information content (AvgIpc) is 3.13. The van der Waals surface area contributed by atoms with Gasteiger partial charge in [0.25, 0.3) is 0 Å². The molecule has 0 aromatic rings. The van der Waals surface area contributed by atoms with Gasteiger partial charge in [-0.1, -0.05) is 179 Å². The van der Waals surface area contributed by atoms with Crippen molar-refractivity contribution in [3.8, 4) is 0 Å². The molecule has 0 saturated carbocycles. The fraction of sp³-hybridized carbons (Fsp3) is 0.822. The highest BCUT2D eigenvalue weighted by atomic mass is 16.5. The fourth-order valence-corrected chi connectivity index (χ4v) is 6.26. The Kier molecular flexibility index (Phi) is 39.3. The summed E-state index contributed by atoms with van der Waals surface area (Å²) in [7, 11) is 0. The molecule has 3 N–H and O–H groups in total. The van der Waals surface area contributed by atoms with Gasteiger partial charge in [-0.15, -0.1) is 0 Å². The van der Waals surface area contributed by atoms with E-state index in [2.05, 4.69) is 43.5 Å². The zero-order chi connectivity index (χ0) is 37.3. The van der Waals surface area contributed by atoms with Gasteiger partial charge in [-0.3, -0.25) is 9.59 Å². The highest BCUT2D eigenvalue weighted by Crippen LogP contribution is 2.14. The van der Waals surface area contributed by atoms with E-state index in [1.165, 1.54) is 116 Å². The van der Waals surface area contributed by atoms with Gasteiger partial charge in [0.2, 0.25) is 5.91 Å². The summed E-state index contributed by atoms with van der Waals surface area (Å²) in [5.74, 6) is -0.144. The van der Waals surface area contributed by atoms with Gasteiger partial charge >= 0.3 is 5.97 Å².